The number of carbonyl (C=O) groups is 2. The summed E-state index contributed by atoms with van der Waals surface area (Å²) in [5.74, 6) is 3.57. The molecule has 2 aromatic rings. The normalized spacial score (nSPS) is 13.3. The number of phosphoric ester groups is 1. The van der Waals surface area contributed by atoms with Crippen LogP contribution in [-0.2, 0) is 58.4 Å². The van der Waals surface area contributed by atoms with Crippen LogP contribution in [0.1, 0.15) is 162 Å². The highest BCUT2D eigenvalue weighted by Crippen LogP contribution is 2.43. The Balaban J connectivity index is 1.65. The van der Waals surface area contributed by atoms with Crippen LogP contribution in [-0.4, -0.2) is 49.3 Å². The molecule has 1 unspecified atom stereocenters. The lowest BCUT2D eigenvalue weighted by molar-refractivity contribution is -0.161. The molecule has 0 radical (unpaired) electrons. The lowest BCUT2D eigenvalue weighted by Crippen LogP contribution is -2.29. The number of nitrogens with two attached hydrogens (primary N) is 1. The summed E-state index contributed by atoms with van der Waals surface area (Å²) in [5, 5.41) is 0. The molecule has 2 aromatic heterocycles. The minimum atomic E-state index is -4.40. The number of carbonyl (C=O) groups excluding carboxylic acids is 2. The van der Waals surface area contributed by atoms with E-state index in [0.717, 1.165) is 126 Å². The molecule has 0 fully saturated rings. The van der Waals surface area contributed by atoms with Crippen molar-refractivity contribution in [1.29, 1.82) is 0 Å². The Labute approximate surface area is 319 Å². The number of aryl methyl sites for hydroxylation is 4. The van der Waals surface area contributed by atoms with Gasteiger partial charge in [-0.2, -0.15) is 0 Å². The lowest BCUT2D eigenvalue weighted by Gasteiger charge is -2.19. The van der Waals surface area contributed by atoms with E-state index < -0.39 is 32.5 Å². The summed E-state index contributed by atoms with van der Waals surface area (Å²) in [6, 6.07) is 0. The number of unbranched alkanes of at least 4 members (excludes halogenated alkanes) is 10. The number of rotatable bonds is 31. The molecular formula is C41H70NO10P. The molecule has 53 heavy (non-hydrogen) atoms. The maximum atomic E-state index is 12.6. The van der Waals surface area contributed by atoms with Crippen LogP contribution in [0.25, 0.3) is 0 Å². The summed E-state index contributed by atoms with van der Waals surface area (Å²) in [7, 11) is -4.40. The van der Waals surface area contributed by atoms with E-state index in [1.165, 1.54) is 22.3 Å². The molecule has 0 amide bonds. The van der Waals surface area contributed by atoms with Crippen molar-refractivity contribution in [3.05, 3.63) is 45.3 Å². The molecule has 0 aromatic carbocycles. The zero-order valence-electron chi connectivity index (χ0n) is 33.7. The van der Waals surface area contributed by atoms with Gasteiger partial charge in [0.25, 0.3) is 0 Å². The molecule has 0 bridgehead atoms. The third kappa shape index (κ3) is 18.6. The Kier molecular flexibility index (Phi) is 23.3. The highest BCUT2D eigenvalue weighted by Gasteiger charge is 2.26. The van der Waals surface area contributed by atoms with Gasteiger partial charge < -0.3 is 28.9 Å². The third-order valence-electron chi connectivity index (χ3n) is 9.84. The second kappa shape index (κ2) is 26.4. The summed E-state index contributed by atoms with van der Waals surface area (Å²) in [6.45, 7) is 12.0. The quantitative estimate of drug-likeness (QED) is 0.0427. The van der Waals surface area contributed by atoms with Crippen molar-refractivity contribution in [2.24, 2.45) is 5.73 Å². The molecular weight excluding hydrogens is 697 g/mol. The Bertz CT molecular complexity index is 1380. The number of ether oxygens (including phenoxy) is 2. The summed E-state index contributed by atoms with van der Waals surface area (Å²) in [5.41, 5.74) is 10.5. The van der Waals surface area contributed by atoms with Gasteiger partial charge in [-0.15, -0.1) is 0 Å². The van der Waals surface area contributed by atoms with E-state index in [1.54, 1.807) is 0 Å². The van der Waals surface area contributed by atoms with Crippen LogP contribution in [0.3, 0.4) is 0 Å². The van der Waals surface area contributed by atoms with E-state index in [2.05, 4.69) is 41.5 Å². The molecule has 0 spiro atoms. The zero-order valence-corrected chi connectivity index (χ0v) is 34.6. The largest absolute Gasteiger partial charge is 0.472 e. The second-order valence-corrected chi connectivity index (χ2v) is 15.8. The van der Waals surface area contributed by atoms with Gasteiger partial charge in [-0.3, -0.25) is 18.6 Å². The van der Waals surface area contributed by atoms with Crippen LogP contribution in [0.5, 0.6) is 0 Å². The molecule has 0 saturated carbocycles. The van der Waals surface area contributed by atoms with Crippen molar-refractivity contribution in [2.75, 3.05) is 26.4 Å². The Hall–Kier alpha value is -2.43. The van der Waals surface area contributed by atoms with Gasteiger partial charge in [0, 0.05) is 45.1 Å². The molecule has 2 rings (SSSR count). The van der Waals surface area contributed by atoms with Crippen molar-refractivity contribution < 1.29 is 46.4 Å². The fourth-order valence-electron chi connectivity index (χ4n) is 6.37. The Morgan fingerprint density at radius 3 is 1.49 bits per heavy atom. The van der Waals surface area contributed by atoms with Crippen LogP contribution >= 0.6 is 7.82 Å². The SMILES string of the molecule is CCCc1oc(CCCCCCCCC(=O)OC[C@H](COP(=O)(O)OCCN)OC(=O)CCCCCCCCc2oc(CCC)c(C)c2C)c(C)c1C. The maximum Gasteiger partial charge on any atom is 0.472 e. The second-order valence-electron chi connectivity index (χ2n) is 14.3. The molecule has 2 atom stereocenters. The number of hydrogen-bond acceptors (Lipinski definition) is 10. The van der Waals surface area contributed by atoms with Crippen molar-refractivity contribution in [3.8, 4) is 0 Å². The Morgan fingerprint density at radius 2 is 1.04 bits per heavy atom. The standard InChI is InChI=1S/C41H70NO10P/c1-7-21-36-31(3)33(5)38(51-36)23-17-13-9-11-15-19-25-40(43)47-29-35(30-49-53(45,46)48-28-27-42)50-41(44)26-20-16-12-10-14-18-24-39-34(6)32(4)37(52-39)22-8-2/h35H,7-30,42H2,1-6H3,(H,45,46)/t35-/m1/s1. The van der Waals surface area contributed by atoms with E-state index in [4.69, 9.17) is 33.1 Å². The van der Waals surface area contributed by atoms with Crippen molar-refractivity contribution in [3.63, 3.8) is 0 Å². The average molecular weight is 768 g/mol. The molecule has 3 N–H and O–H groups in total. The molecule has 0 aliphatic rings. The van der Waals surface area contributed by atoms with Gasteiger partial charge in [0.2, 0.25) is 0 Å². The fourth-order valence-corrected chi connectivity index (χ4v) is 7.14. The van der Waals surface area contributed by atoms with E-state index in [9.17, 15) is 19.0 Å². The molecule has 0 aliphatic carbocycles. The molecule has 11 nitrogen and oxygen atoms in total. The Morgan fingerprint density at radius 1 is 0.623 bits per heavy atom. The van der Waals surface area contributed by atoms with Crippen molar-refractivity contribution in [1.82, 2.24) is 0 Å². The van der Waals surface area contributed by atoms with Crippen LogP contribution in [0.4, 0.5) is 0 Å². The molecule has 0 aliphatic heterocycles. The number of phosphoric acid groups is 1. The lowest BCUT2D eigenvalue weighted by atomic mass is 10.0. The van der Waals surface area contributed by atoms with Crippen LogP contribution in [0.2, 0.25) is 0 Å². The zero-order chi connectivity index (χ0) is 39.1. The van der Waals surface area contributed by atoms with Crippen LogP contribution in [0.15, 0.2) is 8.83 Å². The van der Waals surface area contributed by atoms with Crippen molar-refractivity contribution in [2.45, 2.75) is 176 Å². The molecule has 12 heteroatoms. The van der Waals surface area contributed by atoms with Gasteiger partial charge in [-0.1, -0.05) is 65.2 Å². The van der Waals surface area contributed by atoms with Gasteiger partial charge in [0.1, 0.15) is 29.6 Å². The number of esters is 2. The highest BCUT2D eigenvalue weighted by atomic mass is 31.2. The van der Waals surface area contributed by atoms with E-state index in [1.807, 2.05) is 0 Å². The molecule has 0 saturated heterocycles. The first-order chi connectivity index (χ1) is 25.4. The predicted octanol–water partition coefficient (Wildman–Crippen LogP) is 9.81. The monoisotopic (exact) mass is 767 g/mol. The number of hydrogen-bond donors (Lipinski definition) is 2. The van der Waals surface area contributed by atoms with Crippen LogP contribution < -0.4 is 5.73 Å². The molecule has 2 heterocycles. The average Bonchev–Trinajstić information content (AvgIpc) is 3.55. The third-order valence-corrected chi connectivity index (χ3v) is 10.8. The van der Waals surface area contributed by atoms with Gasteiger partial charge in [-0.25, -0.2) is 4.57 Å². The van der Waals surface area contributed by atoms with Crippen molar-refractivity contribution >= 4 is 19.8 Å². The highest BCUT2D eigenvalue weighted by molar-refractivity contribution is 7.47. The first-order valence-corrected chi connectivity index (χ1v) is 21.7. The first-order valence-electron chi connectivity index (χ1n) is 20.2. The minimum absolute atomic E-state index is 0.0391. The minimum Gasteiger partial charge on any atom is -0.466 e. The maximum absolute atomic E-state index is 12.6. The molecule has 304 valence electrons. The van der Waals surface area contributed by atoms with Gasteiger partial charge in [0.05, 0.1) is 13.2 Å². The van der Waals surface area contributed by atoms with Gasteiger partial charge in [-0.05, 0) is 88.5 Å². The topological polar surface area (TPSA) is 161 Å². The van der Waals surface area contributed by atoms with Crippen LogP contribution in [0, 0.1) is 27.7 Å². The smallest absolute Gasteiger partial charge is 0.466 e. The summed E-state index contributed by atoms with van der Waals surface area (Å²) >= 11 is 0. The summed E-state index contributed by atoms with van der Waals surface area (Å²) < 4.78 is 45.0. The van der Waals surface area contributed by atoms with E-state index in [-0.39, 0.29) is 32.6 Å². The first kappa shape index (κ1) is 46.7. The predicted molar refractivity (Wildman–Crippen MR) is 208 cm³/mol. The van der Waals surface area contributed by atoms with E-state index in [0.29, 0.717) is 12.8 Å². The fraction of sp³-hybridized carbons (Fsp3) is 0.756. The van der Waals surface area contributed by atoms with Gasteiger partial charge >= 0.3 is 19.8 Å². The number of furan rings is 2. The van der Waals surface area contributed by atoms with E-state index >= 15 is 0 Å². The summed E-state index contributed by atoms with van der Waals surface area (Å²) in [4.78, 5) is 35.0. The summed E-state index contributed by atoms with van der Waals surface area (Å²) in [6.07, 6.45) is 17.1. The van der Waals surface area contributed by atoms with Gasteiger partial charge in [0.15, 0.2) is 6.10 Å².